The molecule has 21 heavy (non-hydrogen) atoms. The summed E-state index contributed by atoms with van der Waals surface area (Å²) in [4.78, 5) is 9.13. The summed E-state index contributed by atoms with van der Waals surface area (Å²) in [7, 11) is -4.12. The number of nitrogens with zero attached hydrogens (tertiary/aromatic N) is 1. The van der Waals surface area contributed by atoms with Gasteiger partial charge >= 0.3 is 5.69 Å². The standard InChI is InChI=1S/C11H14FN3O4S.ClH/c12-9-4-1-5-10(11(9)15(16)17)20(18,19)14-7-8-3-2-6-13-8;/h1,4-5,8,13-14H,2-3,6-7H2;1H. The summed E-state index contributed by atoms with van der Waals surface area (Å²) in [6, 6.07) is 3.00. The Bertz CT molecular complexity index is 620. The van der Waals surface area contributed by atoms with Crippen molar-refractivity contribution in [2.45, 2.75) is 23.8 Å². The zero-order valence-electron chi connectivity index (χ0n) is 10.9. The van der Waals surface area contributed by atoms with Crippen LogP contribution in [0, 0.1) is 15.9 Å². The highest BCUT2D eigenvalue weighted by atomic mass is 35.5. The first-order valence-electron chi connectivity index (χ1n) is 6.08. The number of benzene rings is 1. The van der Waals surface area contributed by atoms with Crippen LogP contribution < -0.4 is 10.0 Å². The number of hydrogen-bond donors (Lipinski definition) is 2. The summed E-state index contributed by atoms with van der Waals surface area (Å²) in [6.07, 6.45) is 1.78. The minimum atomic E-state index is -4.12. The lowest BCUT2D eigenvalue weighted by molar-refractivity contribution is -0.390. The lowest BCUT2D eigenvalue weighted by Crippen LogP contribution is -2.37. The van der Waals surface area contributed by atoms with Gasteiger partial charge in [-0.3, -0.25) is 10.1 Å². The van der Waals surface area contributed by atoms with Gasteiger partial charge in [0.25, 0.3) is 0 Å². The fourth-order valence-corrected chi connectivity index (χ4v) is 3.37. The Balaban J connectivity index is 0.00000220. The summed E-state index contributed by atoms with van der Waals surface area (Å²) >= 11 is 0. The highest BCUT2D eigenvalue weighted by molar-refractivity contribution is 7.89. The number of para-hydroxylation sites is 1. The van der Waals surface area contributed by atoms with E-state index in [0.29, 0.717) is 0 Å². The summed E-state index contributed by atoms with van der Waals surface area (Å²) in [6.45, 7) is 0.933. The molecule has 0 amide bonds. The SMILES string of the molecule is Cl.O=[N+]([O-])c1c(F)cccc1S(=O)(=O)NCC1CCCN1. The second-order valence-corrected chi connectivity index (χ2v) is 6.22. The summed E-state index contributed by atoms with van der Waals surface area (Å²) < 4.78 is 39.8. The molecule has 1 heterocycles. The molecule has 0 aliphatic carbocycles. The van der Waals surface area contributed by atoms with E-state index in [1.54, 1.807) is 0 Å². The van der Waals surface area contributed by atoms with Crippen molar-refractivity contribution in [3.05, 3.63) is 34.1 Å². The zero-order chi connectivity index (χ0) is 14.8. The molecule has 10 heteroatoms. The van der Waals surface area contributed by atoms with E-state index in [1.165, 1.54) is 0 Å². The first-order chi connectivity index (χ1) is 9.42. The van der Waals surface area contributed by atoms with Crippen molar-refractivity contribution < 1.29 is 17.7 Å². The Morgan fingerprint density at radius 3 is 2.76 bits per heavy atom. The molecule has 2 N–H and O–H groups in total. The summed E-state index contributed by atoms with van der Waals surface area (Å²) in [5.74, 6) is -1.17. The van der Waals surface area contributed by atoms with Crippen molar-refractivity contribution in [1.82, 2.24) is 10.0 Å². The maximum Gasteiger partial charge on any atom is 0.324 e. The third kappa shape index (κ3) is 4.10. The molecule has 1 aliphatic rings. The number of hydrogen-bond acceptors (Lipinski definition) is 5. The van der Waals surface area contributed by atoms with Gasteiger partial charge in [-0.2, -0.15) is 4.39 Å². The van der Waals surface area contributed by atoms with Gasteiger partial charge in [-0.25, -0.2) is 13.1 Å². The number of nitro benzene ring substituents is 1. The van der Waals surface area contributed by atoms with Crippen LogP contribution in [0.1, 0.15) is 12.8 Å². The Hall–Kier alpha value is -1.29. The van der Waals surface area contributed by atoms with E-state index in [0.717, 1.165) is 37.6 Å². The largest absolute Gasteiger partial charge is 0.324 e. The van der Waals surface area contributed by atoms with E-state index in [-0.39, 0.29) is 25.0 Å². The van der Waals surface area contributed by atoms with Crippen molar-refractivity contribution in [2.75, 3.05) is 13.1 Å². The molecule has 118 valence electrons. The van der Waals surface area contributed by atoms with Gasteiger partial charge in [0, 0.05) is 12.6 Å². The molecule has 0 radical (unpaired) electrons. The van der Waals surface area contributed by atoms with Crippen LogP contribution in [0.15, 0.2) is 23.1 Å². The second-order valence-electron chi connectivity index (χ2n) is 4.49. The second kappa shape index (κ2) is 7.12. The summed E-state index contributed by atoms with van der Waals surface area (Å²) in [5, 5.41) is 13.9. The highest BCUT2D eigenvalue weighted by Crippen LogP contribution is 2.26. The fourth-order valence-electron chi connectivity index (χ4n) is 2.11. The van der Waals surface area contributed by atoms with Gasteiger partial charge in [-0.1, -0.05) is 6.07 Å². The molecule has 2 rings (SSSR count). The van der Waals surface area contributed by atoms with Crippen molar-refractivity contribution in [3.63, 3.8) is 0 Å². The van der Waals surface area contributed by atoms with E-state index in [9.17, 15) is 22.9 Å². The molecular weight excluding hydrogens is 325 g/mol. The van der Waals surface area contributed by atoms with Crippen LogP contribution in [0.3, 0.4) is 0 Å². The molecule has 0 saturated carbocycles. The van der Waals surface area contributed by atoms with Gasteiger partial charge in [0.1, 0.15) is 0 Å². The molecule has 1 atom stereocenters. The van der Waals surface area contributed by atoms with Gasteiger partial charge in [0.05, 0.1) is 4.92 Å². The molecular formula is C11H15ClFN3O4S. The predicted octanol–water partition coefficient (Wildman–Crippen LogP) is 1.19. The van der Waals surface area contributed by atoms with E-state index in [4.69, 9.17) is 0 Å². The van der Waals surface area contributed by atoms with Crippen LogP contribution in [0.4, 0.5) is 10.1 Å². The topological polar surface area (TPSA) is 101 Å². The average molecular weight is 340 g/mol. The number of nitrogens with one attached hydrogen (secondary N) is 2. The fraction of sp³-hybridized carbons (Fsp3) is 0.455. The molecule has 1 fully saturated rings. The normalized spacial score (nSPS) is 18.2. The molecule has 1 saturated heterocycles. The van der Waals surface area contributed by atoms with Crippen LogP contribution in [0.5, 0.6) is 0 Å². The van der Waals surface area contributed by atoms with Gasteiger partial charge in [-0.15, -0.1) is 12.4 Å². The number of sulfonamides is 1. The number of rotatable bonds is 5. The Morgan fingerprint density at radius 1 is 1.48 bits per heavy atom. The van der Waals surface area contributed by atoms with Crippen LogP contribution in [-0.2, 0) is 10.0 Å². The highest BCUT2D eigenvalue weighted by Gasteiger charge is 2.29. The van der Waals surface area contributed by atoms with Gasteiger partial charge in [0.2, 0.25) is 15.8 Å². The minimum absolute atomic E-state index is 0. The lowest BCUT2D eigenvalue weighted by atomic mass is 10.2. The van der Waals surface area contributed by atoms with E-state index >= 15 is 0 Å². The van der Waals surface area contributed by atoms with E-state index in [2.05, 4.69) is 10.0 Å². The Morgan fingerprint density at radius 2 is 2.19 bits per heavy atom. The third-order valence-corrected chi connectivity index (χ3v) is 4.56. The van der Waals surface area contributed by atoms with Crippen molar-refractivity contribution in [2.24, 2.45) is 0 Å². The summed E-state index contributed by atoms with van der Waals surface area (Å²) in [5.41, 5.74) is -1.03. The quantitative estimate of drug-likeness (QED) is 0.619. The Labute approximate surface area is 127 Å². The van der Waals surface area contributed by atoms with Crippen LogP contribution in [0.25, 0.3) is 0 Å². The Kier molecular flexibility index (Phi) is 6.02. The molecule has 1 aliphatic heterocycles. The maximum absolute atomic E-state index is 13.4. The lowest BCUT2D eigenvalue weighted by Gasteiger charge is -2.12. The predicted molar refractivity (Wildman–Crippen MR) is 76.5 cm³/mol. The van der Waals surface area contributed by atoms with Gasteiger partial charge < -0.3 is 5.32 Å². The van der Waals surface area contributed by atoms with Crippen molar-refractivity contribution >= 4 is 28.1 Å². The molecule has 0 spiro atoms. The monoisotopic (exact) mass is 339 g/mol. The van der Waals surface area contributed by atoms with E-state index < -0.39 is 31.3 Å². The first kappa shape index (κ1) is 17.8. The molecule has 1 unspecified atom stereocenters. The molecule has 1 aromatic carbocycles. The van der Waals surface area contributed by atoms with Gasteiger partial charge in [-0.05, 0) is 31.5 Å². The molecule has 1 aromatic rings. The third-order valence-electron chi connectivity index (χ3n) is 3.10. The minimum Gasteiger partial charge on any atom is -0.313 e. The van der Waals surface area contributed by atoms with Gasteiger partial charge in [0.15, 0.2) is 4.90 Å². The van der Waals surface area contributed by atoms with Crippen molar-refractivity contribution in [3.8, 4) is 0 Å². The number of halogens is 2. The molecule has 0 bridgehead atoms. The van der Waals surface area contributed by atoms with Crippen LogP contribution >= 0.6 is 12.4 Å². The van der Waals surface area contributed by atoms with E-state index in [1.807, 2.05) is 0 Å². The number of nitro groups is 1. The molecule has 7 nitrogen and oxygen atoms in total. The zero-order valence-corrected chi connectivity index (χ0v) is 12.5. The van der Waals surface area contributed by atoms with Crippen LogP contribution in [0.2, 0.25) is 0 Å². The first-order valence-corrected chi connectivity index (χ1v) is 7.56. The molecule has 0 aromatic heterocycles. The van der Waals surface area contributed by atoms with Crippen LogP contribution in [-0.4, -0.2) is 32.5 Å². The maximum atomic E-state index is 13.4. The average Bonchev–Trinajstić information content (AvgIpc) is 2.89. The van der Waals surface area contributed by atoms with Crippen molar-refractivity contribution in [1.29, 1.82) is 0 Å². The smallest absolute Gasteiger partial charge is 0.313 e.